The van der Waals surface area contributed by atoms with Gasteiger partial charge in [-0.3, -0.25) is 4.72 Å². The first-order valence-electron chi connectivity index (χ1n) is 6.32. The van der Waals surface area contributed by atoms with Crippen LogP contribution in [0.3, 0.4) is 0 Å². The minimum Gasteiger partial charge on any atom is -0.397 e. The van der Waals surface area contributed by atoms with Crippen LogP contribution in [0.1, 0.15) is 19.8 Å². The van der Waals surface area contributed by atoms with Crippen LogP contribution < -0.4 is 10.5 Å². The number of anilines is 2. The molecule has 5 nitrogen and oxygen atoms in total. The summed E-state index contributed by atoms with van der Waals surface area (Å²) in [6, 6.07) is 1.97. The van der Waals surface area contributed by atoms with Gasteiger partial charge in [-0.25, -0.2) is 8.78 Å². The first kappa shape index (κ1) is 15.0. The van der Waals surface area contributed by atoms with Crippen LogP contribution in [0.15, 0.2) is 12.1 Å². The van der Waals surface area contributed by atoms with Gasteiger partial charge in [0.15, 0.2) is 11.6 Å². The van der Waals surface area contributed by atoms with Crippen molar-refractivity contribution in [2.45, 2.75) is 19.8 Å². The second-order valence-electron chi connectivity index (χ2n) is 5.01. The highest BCUT2D eigenvalue weighted by Gasteiger charge is 2.28. The Labute approximate surface area is 116 Å². The molecule has 3 N–H and O–H groups in total. The maximum atomic E-state index is 13.6. The van der Waals surface area contributed by atoms with Crippen LogP contribution >= 0.6 is 0 Å². The van der Waals surface area contributed by atoms with Gasteiger partial charge < -0.3 is 5.73 Å². The molecule has 1 aromatic rings. The van der Waals surface area contributed by atoms with E-state index in [0.29, 0.717) is 19.0 Å². The maximum absolute atomic E-state index is 13.6. The SMILES string of the molecule is CC1CCN(S(=O)(=O)Nc2c(N)ccc(F)c2F)CC1. The second-order valence-corrected chi connectivity index (χ2v) is 6.68. The Balaban J connectivity index is 2.23. The summed E-state index contributed by atoms with van der Waals surface area (Å²) >= 11 is 0. The topological polar surface area (TPSA) is 75.4 Å². The fourth-order valence-corrected chi connectivity index (χ4v) is 3.37. The molecule has 0 spiro atoms. The fraction of sp³-hybridized carbons (Fsp3) is 0.500. The zero-order valence-electron chi connectivity index (χ0n) is 11.1. The second kappa shape index (κ2) is 5.53. The number of piperidine rings is 1. The molecular weight excluding hydrogens is 288 g/mol. The molecule has 0 atom stereocenters. The first-order chi connectivity index (χ1) is 9.31. The molecule has 0 aliphatic carbocycles. The van der Waals surface area contributed by atoms with Crippen molar-refractivity contribution in [2.75, 3.05) is 23.5 Å². The van der Waals surface area contributed by atoms with E-state index in [1.54, 1.807) is 0 Å². The molecule has 0 unspecified atom stereocenters. The molecule has 2 rings (SSSR count). The number of hydrogen-bond donors (Lipinski definition) is 2. The largest absolute Gasteiger partial charge is 0.397 e. The molecule has 1 fully saturated rings. The van der Waals surface area contributed by atoms with Crippen molar-refractivity contribution in [3.63, 3.8) is 0 Å². The van der Waals surface area contributed by atoms with E-state index in [-0.39, 0.29) is 5.69 Å². The van der Waals surface area contributed by atoms with Crippen molar-refractivity contribution in [1.82, 2.24) is 4.31 Å². The van der Waals surface area contributed by atoms with Crippen molar-refractivity contribution >= 4 is 21.6 Å². The predicted octanol–water partition coefficient (Wildman–Crippen LogP) is 1.94. The van der Waals surface area contributed by atoms with E-state index in [9.17, 15) is 17.2 Å². The lowest BCUT2D eigenvalue weighted by Gasteiger charge is -2.29. The van der Waals surface area contributed by atoms with E-state index in [1.165, 1.54) is 4.31 Å². The standard InChI is InChI=1S/C12H17F2N3O2S/c1-8-4-6-17(7-5-8)20(18,19)16-12-10(15)3-2-9(13)11(12)14/h2-3,8,16H,4-7,15H2,1H3. The van der Waals surface area contributed by atoms with Gasteiger partial charge in [0.1, 0.15) is 5.69 Å². The summed E-state index contributed by atoms with van der Waals surface area (Å²) in [5.74, 6) is -1.99. The molecule has 1 aromatic carbocycles. The summed E-state index contributed by atoms with van der Waals surface area (Å²) in [5.41, 5.74) is 4.80. The number of halogens is 2. The van der Waals surface area contributed by atoms with E-state index in [2.05, 4.69) is 0 Å². The van der Waals surface area contributed by atoms with E-state index >= 15 is 0 Å². The molecule has 8 heteroatoms. The van der Waals surface area contributed by atoms with E-state index < -0.39 is 27.5 Å². The fourth-order valence-electron chi connectivity index (χ4n) is 2.09. The zero-order valence-corrected chi connectivity index (χ0v) is 11.9. The molecule has 112 valence electrons. The normalized spacial score (nSPS) is 18.1. The van der Waals surface area contributed by atoms with Gasteiger partial charge >= 0.3 is 10.2 Å². The Morgan fingerprint density at radius 1 is 1.30 bits per heavy atom. The third-order valence-electron chi connectivity index (χ3n) is 3.44. The van der Waals surface area contributed by atoms with Gasteiger partial charge in [0, 0.05) is 13.1 Å². The molecular formula is C12H17F2N3O2S. The lowest BCUT2D eigenvalue weighted by molar-refractivity contribution is 0.289. The maximum Gasteiger partial charge on any atom is 0.301 e. The highest BCUT2D eigenvalue weighted by molar-refractivity contribution is 7.90. The lowest BCUT2D eigenvalue weighted by atomic mass is 10.0. The highest BCUT2D eigenvalue weighted by atomic mass is 32.2. The summed E-state index contributed by atoms with van der Waals surface area (Å²) in [6.45, 7) is 2.75. The van der Waals surface area contributed by atoms with Crippen LogP contribution in [0.25, 0.3) is 0 Å². The van der Waals surface area contributed by atoms with Gasteiger partial charge in [-0.2, -0.15) is 12.7 Å². The van der Waals surface area contributed by atoms with Gasteiger partial charge in [0.05, 0.1) is 5.69 Å². The van der Waals surface area contributed by atoms with E-state index in [1.807, 2.05) is 11.6 Å². The number of nitrogens with two attached hydrogens (primary N) is 1. The van der Waals surface area contributed by atoms with Crippen molar-refractivity contribution in [3.8, 4) is 0 Å². The number of nitrogens with zero attached hydrogens (tertiary/aromatic N) is 1. The Morgan fingerprint density at radius 3 is 2.50 bits per heavy atom. The minimum atomic E-state index is -3.92. The lowest BCUT2D eigenvalue weighted by Crippen LogP contribution is -2.41. The predicted molar refractivity (Wildman–Crippen MR) is 73.3 cm³/mol. The van der Waals surface area contributed by atoms with E-state index in [4.69, 9.17) is 5.73 Å². The summed E-state index contributed by atoms with van der Waals surface area (Å²) in [5, 5.41) is 0. The van der Waals surface area contributed by atoms with Crippen molar-refractivity contribution in [1.29, 1.82) is 0 Å². The van der Waals surface area contributed by atoms with Gasteiger partial charge in [-0.15, -0.1) is 0 Å². The molecule has 20 heavy (non-hydrogen) atoms. The summed E-state index contributed by atoms with van der Waals surface area (Å²) < 4.78 is 54.3. The number of nitrogen functional groups attached to an aromatic ring is 1. The molecule has 0 amide bonds. The molecule has 0 bridgehead atoms. The molecule has 1 heterocycles. The summed E-state index contributed by atoms with van der Waals surface area (Å²) in [6.07, 6.45) is 1.48. The van der Waals surface area contributed by atoms with Crippen molar-refractivity contribution < 1.29 is 17.2 Å². The molecule has 0 aromatic heterocycles. The highest BCUT2D eigenvalue weighted by Crippen LogP contribution is 2.27. The number of rotatable bonds is 3. The van der Waals surface area contributed by atoms with Gasteiger partial charge in [-0.05, 0) is 30.9 Å². The smallest absolute Gasteiger partial charge is 0.301 e. The minimum absolute atomic E-state index is 0.155. The molecule has 0 radical (unpaired) electrons. The van der Waals surface area contributed by atoms with Crippen molar-refractivity contribution in [3.05, 3.63) is 23.8 Å². The zero-order chi connectivity index (χ0) is 14.9. The van der Waals surface area contributed by atoms with Crippen LogP contribution in [-0.2, 0) is 10.2 Å². The quantitative estimate of drug-likeness (QED) is 0.838. The molecule has 1 saturated heterocycles. The third-order valence-corrected chi connectivity index (χ3v) is 4.95. The van der Waals surface area contributed by atoms with Crippen LogP contribution in [0.2, 0.25) is 0 Å². The average molecular weight is 305 g/mol. The van der Waals surface area contributed by atoms with Crippen molar-refractivity contribution in [2.24, 2.45) is 5.92 Å². The van der Waals surface area contributed by atoms with Crippen LogP contribution in [0, 0.1) is 17.6 Å². The van der Waals surface area contributed by atoms with Crippen LogP contribution in [-0.4, -0.2) is 25.8 Å². The Morgan fingerprint density at radius 2 is 1.90 bits per heavy atom. The number of benzene rings is 1. The van der Waals surface area contributed by atoms with Gasteiger partial charge in [0.2, 0.25) is 0 Å². The summed E-state index contributed by atoms with van der Waals surface area (Å²) in [7, 11) is -3.92. The monoisotopic (exact) mass is 305 g/mol. The van der Waals surface area contributed by atoms with E-state index in [0.717, 1.165) is 25.0 Å². The number of hydrogen-bond acceptors (Lipinski definition) is 3. The van der Waals surface area contributed by atoms with Gasteiger partial charge in [0.25, 0.3) is 0 Å². The van der Waals surface area contributed by atoms with Gasteiger partial charge in [-0.1, -0.05) is 6.92 Å². The first-order valence-corrected chi connectivity index (χ1v) is 7.76. The Kier molecular flexibility index (Phi) is 4.14. The Bertz CT molecular complexity index is 599. The number of nitrogens with one attached hydrogen (secondary N) is 1. The molecule has 1 aliphatic heterocycles. The third kappa shape index (κ3) is 3.01. The molecule has 0 saturated carbocycles. The van der Waals surface area contributed by atoms with Crippen LogP contribution in [0.5, 0.6) is 0 Å². The Hall–Kier alpha value is -1.41. The average Bonchev–Trinajstić information content (AvgIpc) is 2.40. The van der Waals surface area contributed by atoms with Crippen LogP contribution in [0.4, 0.5) is 20.2 Å². The molecule has 1 aliphatic rings. The summed E-state index contributed by atoms with van der Waals surface area (Å²) in [4.78, 5) is 0.